The van der Waals surface area contributed by atoms with Gasteiger partial charge in [-0.3, -0.25) is 5.10 Å². The highest BCUT2D eigenvalue weighted by Crippen LogP contribution is 2.44. The molecule has 0 aliphatic carbocycles. The van der Waals surface area contributed by atoms with E-state index in [-0.39, 0.29) is 11.8 Å². The summed E-state index contributed by atoms with van der Waals surface area (Å²) in [6, 6.07) is 18.2. The molecule has 6 nitrogen and oxygen atoms in total. The number of aromatic nitrogens is 2. The topological polar surface area (TPSA) is 96.9 Å². The SMILES string of the molecule is COc1ccc([C@H]2C(C#N)=C(N)Oc3n[nH]c(CSc4ccc(C)cc4)c32)cc1. The summed E-state index contributed by atoms with van der Waals surface area (Å²) >= 11 is 1.70. The maximum Gasteiger partial charge on any atom is 0.244 e. The summed E-state index contributed by atoms with van der Waals surface area (Å²) in [6.07, 6.45) is 0. The summed E-state index contributed by atoms with van der Waals surface area (Å²) in [5.74, 6) is 1.58. The number of nitrogens with zero attached hydrogens (tertiary/aromatic N) is 2. The van der Waals surface area contributed by atoms with Crippen LogP contribution in [-0.4, -0.2) is 17.3 Å². The van der Waals surface area contributed by atoms with Crippen LogP contribution in [0.2, 0.25) is 0 Å². The van der Waals surface area contributed by atoms with E-state index in [0.29, 0.717) is 17.2 Å². The fourth-order valence-electron chi connectivity index (χ4n) is 3.34. The van der Waals surface area contributed by atoms with Gasteiger partial charge < -0.3 is 15.2 Å². The maximum atomic E-state index is 9.75. The average molecular weight is 404 g/mol. The van der Waals surface area contributed by atoms with Crippen molar-refractivity contribution in [1.82, 2.24) is 10.2 Å². The Bertz CT molecular complexity index is 1100. The van der Waals surface area contributed by atoms with Crippen molar-refractivity contribution < 1.29 is 9.47 Å². The lowest BCUT2D eigenvalue weighted by Crippen LogP contribution is -2.21. The minimum atomic E-state index is -0.345. The molecule has 0 saturated carbocycles. The largest absolute Gasteiger partial charge is 0.497 e. The van der Waals surface area contributed by atoms with E-state index in [9.17, 15) is 5.26 Å². The second-order valence-corrected chi connectivity index (χ2v) is 7.77. The van der Waals surface area contributed by atoms with Crippen molar-refractivity contribution in [3.63, 3.8) is 0 Å². The Morgan fingerprint density at radius 2 is 1.93 bits per heavy atom. The van der Waals surface area contributed by atoms with Gasteiger partial charge in [0.15, 0.2) is 0 Å². The van der Waals surface area contributed by atoms with Gasteiger partial charge in [0.2, 0.25) is 11.8 Å². The van der Waals surface area contributed by atoms with Gasteiger partial charge in [0, 0.05) is 10.6 Å². The number of H-pyrrole nitrogens is 1. The molecular weight excluding hydrogens is 384 g/mol. The van der Waals surface area contributed by atoms with Crippen molar-refractivity contribution in [2.24, 2.45) is 5.73 Å². The Kier molecular flexibility index (Phi) is 5.19. The number of hydrogen-bond donors (Lipinski definition) is 2. The van der Waals surface area contributed by atoms with Crippen LogP contribution in [0.15, 0.2) is 64.9 Å². The zero-order valence-corrected chi connectivity index (χ0v) is 16.9. The number of allylic oxidation sites excluding steroid dienone is 1. The number of nitrogens with two attached hydrogens (primary N) is 1. The van der Waals surface area contributed by atoms with Gasteiger partial charge in [0.25, 0.3) is 0 Å². The summed E-state index contributed by atoms with van der Waals surface area (Å²) < 4.78 is 10.9. The monoisotopic (exact) mass is 404 g/mol. The van der Waals surface area contributed by atoms with Crippen molar-refractivity contribution in [2.75, 3.05) is 7.11 Å². The highest BCUT2D eigenvalue weighted by Gasteiger charge is 2.35. The standard InChI is InChI=1S/C22H20N4O2S/c1-13-3-9-16(10-4-13)29-12-18-20-19(14-5-7-15(27-2)8-6-14)17(11-23)21(24)28-22(20)26-25-18/h3-10,19H,12,24H2,1-2H3,(H,25,26)/t19-/m0/s1. The molecule has 0 bridgehead atoms. The van der Waals surface area contributed by atoms with Crippen LogP contribution in [0.25, 0.3) is 0 Å². The first kappa shape index (κ1) is 19.0. The van der Waals surface area contributed by atoms with Gasteiger partial charge in [-0.1, -0.05) is 29.8 Å². The van der Waals surface area contributed by atoms with E-state index < -0.39 is 0 Å². The summed E-state index contributed by atoms with van der Waals surface area (Å²) in [5, 5.41) is 17.1. The third-order valence-electron chi connectivity index (χ3n) is 4.87. The Morgan fingerprint density at radius 1 is 1.21 bits per heavy atom. The number of benzene rings is 2. The van der Waals surface area contributed by atoms with Crippen molar-refractivity contribution in [3.8, 4) is 17.7 Å². The van der Waals surface area contributed by atoms with Crippen LogP contribution in [0.3, 0.4) is 0 Å². The van der Waals surface area contributed by atoms with Crippen LogP contribution < -0.4 is 15.2 Å². The van der Waals surface area contributed by atoms with Crippen LogP contribution in [0.1, 0.15) is 28.3 Å². The van der Waals surface area contributed by atoms with E-state index in [2.05, 4.69) is 47.5 Å². The van der Waals surface area contributed by atoms with Gasteiger partial charge in [-0.2, -0.15) is 5.26 Å². The van der Waals surface area contributed by atoms with Gasteiger partial charge in [0.05, 0.1) is 24.3 Å². The molecule has 3 aromatic rings. The predicted octanol–water partition coefficient (Wildman–Crippen LogP) is 4.24. The molecule has 0 unspecified atom stereocenters. The van der Waals surface area contributed by atoms with Crippen LogP contribution in [0.4, 0.5) is 0 Å². The number of hydrogen-bond acceptors (Lipinski definition) is 6. The van der Waals surface area contributed by atoms with Gasteiger partial charge in [-0.15, -0.1) is 16.9 Å². The lowest BCUT2D eigenvalue weighted by Gasteiger charge is -2.24. The molecule has 7 heteroatoms. The molecule has 0 amide bonds. The first-order valence-electron chi connectivity index (χ1n) is 9.09. The molecular formula is C22H20N4O2S. The van der Waals surface area contributed by atoms with E-state index in [0.717, 1.165) is 27.5 Å². The predicted molar refractivity (Wildman–Crippen MR) is 112 cm³/mol. The number of fused-ring (bicyclic) bond motifs is 1. The number of thioether (sulfide) groups is 1. The molecule has 1 atom stereocenters. The first-order chi connectivity index (χ1) is 14.1. The van der Waals surface area contributed by atoms with E-state index in [4.69, 9.17) is 15.2 Å². The first-order valence-corrected chi connectivity index (χ1v) is 10.1. The molecule has 29 heavy (non-hydrogen) atoms. The van der Waals surface area contributed by atoms with E-state index in [1.807, 2.05) is 24.3 Å². The normalized spacial score (nSPS) is 15.4. The molecule has 1 aromatic heterocycles. The zero-order valence-electron chi connectivity index (χ0n) is 16.1. The molecule has 0 radical (unpaired) electrons. The van der Waals surface area contributed by atoms with Crippen LogP contribution in [0.5, 0.6) is 11.6 Å². The number of aromatic amines is 1. The molecule has 0 saturated heterocycles. The van der Waals surface area contributed by atoms with E-state index in [1.165, 1.54) is 5.56 Å². The van der Waals surface area contributed by atoms with Crippen LogP contribution >= 0.6 is 11.8 Å². The molecule has 0 fully saturated rings. The third-order valence-corrected chi connectivity index (χ3v) is 5.91. The molecule has 4 rings (SSSR count). The lowest BCUT2D eigenvalue weighted by atomic mass is 9.84. The van der Waals surface area contributed by atoms with Crippen molar-refractivity contribution in [1.29, 1.82) is 5.26 Å². The smallest absolute Gasteiger partial charge is 0.244 e. The van der Waals surface area contributed by atoms with Gasteiger partial charge >= 0.3 is 0 Å². The van der Waals surface area contributed by atoms with Gasteiger partial charge in [-0.25, -0.2) is 0 Å². The fourth-order valence-corrected chi connectivity index (χ4v) is 4.20. The number of methoxy groups -OCH3 is 1. The number of nitrogens with one attached hydrogen (secondary N) is 1. The number of ether oxygens (including phenoxy) is 2. The minimum absolute atomic E-state index is 0.0880. The molecule has 146 valence electrons. The molecule has 3 N–H and O–H groups in total. The number of rotatable bonds is 5. The Balaban J connectivity index is 1.70. The Hall–Kier alpha value is -3.37. The van der Waals surface area contributed by atoms with Crippen molar-refractivity contribution >= 4 is 11.8 Å². The zero-order chi connectivity index (χ0) is 20.4. The van der Waals surface area contributed by atoms with E-state index in [1.54, 1.807) is 18.9 Å². The summed E-state index contributed by atoms with van der Waals surface area (Å²) in [7, 11) is 1.62. The molecule has 0 spiro atoms. The minimum Gasteiger partial charge on any atom is -0.497 e. The average Bonchev–Trinajstić information content (AvgIpc) is 3.14. The summed E-state index contributed by atoms with van der Waals surface area (Å²) in [4.78, 5) is 1.16. The maximum absolute atomic E-state index is 9.75. The van der Waals surface area contributed by atoms with Gasteiger partial charge in [-0.05, 0) is 36.8 Å². The van der Waals surface area contributed by atoms with Crippen molar-refractivity contribution in [3.05, 3.63) is 82.4 Å². The summed E-state index contributed by atoms with van der Waals surface area (Å²) in [6.45, 7) is 2.07. The summed E-state index contributed by atoms with van der Waals surface area (Å²) in [5.41, 5.74) is 10.3. The quantitative estimate of drug-likeness (QED) is 0.618. The van der Waals surface area contributed by atoms with Crippen LogP contribution in [0, 0.1) is 18.3 Å². The lowest BCUT2D eigenvalue weighted by molar-refractivity contribution is 0.378. The Labute approximate surface area is 173 Å². The third kappa shape index (κ3) is 3.67. The molecule has 1 aliphatic heterocycles. The highest BCUT2D eigenvalue weighted by atomic mass is 32.2. The number of nitriles is 1. The Morgan fingerprint density at radius 3 is 2.59 bits per heavy atom. The molecule has 1 aliphatic rings. The molecule has 2 aromatic carbocycles. The van der Waals surface area contributed by atoms with E-state index >= 15 is 0 Å². The second-order valence-electron chi connectivity index (χ2n) is 6.72. The second kappa shape index (κ2) is 7.94. The molecule has 2 heterocycles. The van der Waals surface area contributed by atoms with Gasteiger partial charge in [0.1, 0.15) is 17.4 Å². The fraction of sp³-hybridized carbons (Fsp3) is 0.182. The highest BCUT2D eigenvalue weighted by molar-refractivity contribution is 7.98. The van der Waals surface area contributed by atoms with Crippen molar-refractivity contribution in [2.45, 2.75) is 23.5 Å². The van der Waals surface area contributed by atoms with Crippen LogP contribution in [-0.2, 0) is 5.75 Å². The number of aryl methyl sites for hydroxylation is 1.